The highest BCUT2D eigenvalue weighted by molar-refractivity contribution is 6.72. The summed E-state index contributed by atoms with van der Waals surface area (Å²) in [5.74, 6) is 0. The molecule has 3 heteroatoms. The SMILES string of the molecule is C=CCC(O[Si](O)(C(C)(C)C)C(C)(C)C)c1ccccc1. The van der Waals surface area contributed by atoms with Crippen molar-refractivity contribution in [1.29, 1.82) is 0 Å². The highest BCUT2D eigenvalue weighted by Crippen LogP contribution is 2.51. The van der Waals surface area contributed by atoms with Crippen LogP contribution in [0.25, 0.3) is 0 Å². The largest absolute Gasteiger partial charge is 0.410 e. The van der Waals surface area contributed by atoms with Crippen LogP contribution in [0.15, 0.2) is 43.0 Å². The third-order valence-electron chi connectivity index (χ3n) is 3.90. The first-order valence-electron chi connectivity index (χ1n) is 7.59. The first-order chi connectivity index (χ1) is 9.53. The van der Waals surface area contributed by atoms with Gasteiger partial charge in [-0.1, -0.05) is 78.0 Å². The molecule has 2 nitrogen and oxygen atoms in total. The fourth-order valence-corrected chi connectivity index (χ4v) is 6.36. The van der Waals surface area contributed by atoms with Crippen LogP contribution in [0, 0.1) is 0 Å². The molecule has 0 bridgehead atoms. The van der Waals surface area contributed by atoms with E-state index >= 15 is 0 Å². The van der Waals surface area contributed by atoms with E-state index in [1.54, 1.807) is 0 Å². The molecule has 0 heterocycles. The standard InChI is InChI=1S/C18H30O2Si/c1-8-12-16(15-13-10-9-11-14-15)20-21(19,17(2,3)4)18(5,6)7/h8-11,13-14,16,19H,1,12H2,2-7H3. The molecule has 0 saturated carbocycles. The maximum atomic E-state index is 11.4. The molecule has 1 unspecified atom stereocenters. The maximum Gasteiger partial charge on any atom is 0.347 e. The Hall–Kier alpha value is -0.903. The van der Waals surface area contributed by atoms with Gasteiger partial charge in [0.2, 0.25) is 0 Å². The molecule has 0 aliphatic rings. The summed E-state index contributed by atoms with van der Waals surface area (Å²) in [5.41, 5.74) is 1.09. The van der Waals surface area contributed by atoms with Gasteiger partial charge in [-0.15, -0.1) is 6.58 Å². The first-order valence-corrected chi connectivity index (χ1v) is 9.44. The predicted octanol–water partition coefficient (Wildman–Crippen LogP) is 5.36. The van der Waals surface area contributed by atoms with Crippen molar-refractivity contribution in [3.8, 4) is 0 Å². The molecule has 1 aromatic carbocycles. The van der Waals surface area contributed by atoms with Gasteiger partial charge in [-0.2, -0.15) is 0 Å². The third kappa shape index (κ3) is 4.06. The Kier molecular flexibility index (Phi) is 5.59. The van der Waals surface area contributed by atoms with Crippen LogP contribution >= 0.6 is 0 Å². The Balaban J connectivity index is 3.19. The van der Waals surface area contributed by atoms with Crippen molar-refractivity contribution in [3.05, 3.63) is 48.6 Å². The van der Waals surface area contributed by atoms with Gasteiger partial charge < -0.3 is 9.22 Å². The van der Waals surface area contributed by atoms with Crippen molar-refractivity contribution in [2.75, 3.05) is 0 Å². The van der Waals surface area contributed by atoms with Crippen LogP contribution in [0.2, 0.25) is 10.1 Å². The number of benzene rings is 1. The number of hydrogen-bond donors (Lipinski definition) is 1. The average Bonchev–Trinajstić information content (AvgIpc) is 2.36. The topological polar surface area (TPSA) is 29.5 Å². The fraction of sp³-hybridized carbons (Fsp3) is 0.556. The molecule has 1 atom stereocenters. The lowest BCUT2D eigenvalue weighted by Crippen LogP contribution is -2.55. The zero-order valence-corrected chi connectivity index (χ0v) is 15.3. The highest BCUT2D eigenvalue weighted by Gasteiger charge is 2.56. The van der Waals surface area contributed by atoms with E-state index in [1.807, 2.05) is 36.4 Å². The minimum atomic E-state index is -2.98. The molecular weight excluding hydrogens is 276 g/mol. The van der Waals surface area contributed by atoms with Gasteiger partial charge in [0.15, 0.2) is 0 Å². The van der Waals surface area contributed by atoms with Gasteiger partial charge in [-0.25, -0.2) is 0 Å². The van der Waals surface area contributed by atoms with Crippen LogP contribution in [-0.2, 0) is 4.43 Å². The van der Waals surface area contributed by atoms with Crippen molar-refractivity contribution in [3.63, 3.8) is 0 Å². The van der Waals surface area contributed by atoms with E-state index in [4.69, 9.17) is 4.43 Å². The quantitative estimate of drug-likeness (QED) is 0.586. The second-order valence-electron chi connectivity index (χ2n) is 7.69. The molecular formula is C18H30O2Si. The van der Waals surface area contributed by atoms with Gasteiger partial charge in [0.1, 0.15) is 0 Å². The lowest BCUT2D eigenvalue weighted by molar-refractivity contribution is 0.114. The van der Waals surface area contributed by atoms with E-state index in [0.29, 0.717) is 6.42 Å². The molecule has 0 aliphatic heterocycles. The van der Waals surface area contributed by atoms with Crippen LogP contribution in [0.4, 0.5) is 0 Å². The van der Waals surface area contributed by atoms with Crippen LogP contribution in [0.1, 0.15) is 59.6 Å². The van der Waals surface area contributed by atoms with Crippen LogP contribution < -0.4 is 0 Å². The molecule has 0 saturated heterocycles. The molecule has 1 aromatic rings. The third-order valence-corrected chi connectivity index (χ3v) is 8.59. The van der Waals surface area contributed by atoms with Crippen LogP contribution in [0.3, 0.4) is 0 Å². The maximum absolute atomic E-state index is 11.4. The molecule has 0 fully saturated rings. The first kappa shape index (κ1) is 18.1. The molecule has 0 aromatic heterocycles. The normalized spacial score (nSPS) is 14.8. The van der Waals surface area contributed by atoms with E-state index < -0.39 is 8.56 Å². The van der Waals surface area contributed by atoms with Gasteiger partial charge in [-0.05, 0) is 12.0 Å². The molecule has 1 rings (SSSR count). The van der Waals surface area contributed by atoms with E-state index in [-0.39, 0.29) is 16.2 Å². The van der Waals surface area contributed by atoms with Gasteiger partial charge in [0.05, 0.1) is 6.10 Å². The number of rotatable bonds is 5. The van der Waals surface area contributed by atoms with Crippen molar-refractivity contribution >= 4 is 8.56 Å². The minimum Gasteiger partial charge on any atom is -0.410 e. The second-order valence-corrected chi connectivity index (χ2v) is 12.2. The Labute approximate surface area is 131 Å². The number of hydrogen-bond acceptors (Lipinski definition) is 2. The van der Waals surface area contributed by atoms with E-state index in [0.717, 1.165) is 5.56 Å². The van der Waals surface area contributed by atoms with Crippen LogP contribution in [0.5, 0.6) is 0 Å². The Morgan fingerprint density at radius 3 is 1.95 bits per heavy atom. The van der Waals surface area contributed by atoms with Crippen molar-refractivity contribution < 1.29 is 9.22 Å². The summed E-state index contributed by atoms with van der Waals surface area (Å²) >= 11 is 0. The Bertz CT molecular complexity index is 440. The lowest BCUT2D eigenvalue weighted by atomic mass is 10.1. The van der Waals surface area contributed by atoms with Gasteiger partial charge in [0, 0.05) is 10.1 Å². The van der Waals surface area contributed by atoms with Crippen molar-refractivity contribution in [2.24, 2.45) is 0 Å². The smallest absolute Gasteiger partial charge is 0.347 e. The van der Waals surface area contributed by atoms with E-state index in [2.05, 4.69) is 48.1 Å². The molecule has 118 valence electrons. The molecule has 0 amide bonds. The minimum absolute atomic E-state index is 0.140. The molecule has 0 radical (unpaired) electrons. The summed E-state index contributed by atoms with van der Waals surface area (Å²) < 4.78 is 6.42. The average molecular weight is 307 g/mol. The summed E-state index contributed by atoms with van der Waals surface area (Å²) in [7, 11) is -2.98. The highest BCUT2D eigenvalue weighted by atomic mass is 28.4. The monoisotopic (exact) mass is 306 g/mol. The van der Waals surface area contributed by atoms with Crippen molar-refractivity contribution in [1.82, 2.24) is 0 Å². The van der Waals surface area contributed by atoms with E-state index in [1.165, 1.54) is 0 Å². The molecule has 21 heavy (non-hydrogen) atoms. The van der Waals surface area contributed by atoms with Gasteiger partial charge >= 0.3 is 8.56 Å². The van der Waals surface area contributed by atoms with Crippen LogP contribution in [-0.4, -0.2) is 13.4 Å². The Morgan fingerprint density at radius 2 is 1.57 bits per heavy atom. The Morgan fingerprint density at radius 1 is 1.10 bits per heavy atom. The summed E-state index contributed by atoms with van der Waals surface area (Å²) in [6, 6.07) is 10.1. The zero-order chi connectivity index (χ0) is 16.3. The predicted molar refractivity (Wildman–Crippen MR) is 92.5 cm³/mol. The van der Waals surface area contributed by atoms with Gasteiger partial charge in [0.25, 0.3) is 0 Å². The molecule has 0 spiro atoms. The van der Waals surface area contributed by atoms with E-state index in [9.17, 15) is 4.80 Å². The van der Waals surface area contributed by atoms with Gasteiger partial charge in [-0.3, -0.25) is 0 Å². The summed E-state index contributed by atoms with van der Waals surface area (Å²) in [5, 5.41) is -0.529. The summed E-state index contributed by atoms with van der Waals surface area (Å²) in [4.78, 5) is 11.4. The second kappa shape index (κ2) is 6.47. The summed E-state index contributed by atoms with van der Waals surface area (Å²) in [6.45, 7) is 16.3. The fourth-order valence-electron chi connectivity index (χ4n) is 2.76. The molecule has 0 aliphatic carbocycles. The zero-order valence-electron chi connectivity index (χ0n) is 14.3. The lowest BCUT2D eigenvalue weighted by Gasteiger charge is -2.47. The van der Waals surface area contributed by atoms with Crippen molar-refractivity contribution in [2.45, 2.75) is 64.1 Å². The molecule has 1 N–H and O–H groups in total. The summed E-state index contributed by atoms with van der Waals surface area (Å²) in [6.07, 6.45) is 2.42.